The van der Waals surface area contributed by atoms with Crippen LogP contribution >= 0.6 is 0 Å². The Kier molecular flexibility index (Phi) is 11.3. The molecule has 5 nitrogen and oxygen atoms in total. The zero-order chi connectivity index (χ0) is 37.9. The monoisotopic (exact) mass is 712 g/mol. The van der Waals surface area contributed by atoms with Gasteiger partial charge in [0, 0.05) is 11.6 Å². The molecule has 53 heavy (non-hydrogen) atoms. The van der Waals surface area contributed by atoms with Crippen molar-refractivity contribution < 1.29 is 24.5 Å². The number of hydrogen-bond donors (Lipinski definition) is 2. The lowest BCUT2D eigenvalue weighted by Gasteiger charge is -2.57. The molecule has 4 fully saturated rings. The second-order valence-electron chi connectivity index (χ2n) is 17.0. The quantitative estimate of drug-likeness (QED) is 0.170. The predicted molar refractivity (Wildman–Crippen MR) is 217 cm³/mol. The number of carbonyl (C=O) groups is 2. The highest BCUT2D eigenvalue weighted by Crippen LogP contribution is 2.62. The van der Waals surface area contributed by atoms with E-state index < -0.39 is 11.9 Å². The van der Waals surface area contributed by atoms with E-state index in [1.165, 1.54) is 91.7 Å². The number of benzene rings is 3. The Balaban J connectivity index is 0.000000194. The van der Waals surface area contributed by atoms with E-state index in [-0.39, 0.29) is 10.8 Å². The van der Waals surface area contributed by atoms with Crippen molar-refractivity contribution in [2.75, 3.05) is 7.11 Å². The lowest BCUT2D eigenvalue weighted by molar-refractivity contribution is -0.131. The van der Waals surface area contributed by atoms with Gasteiger partial charge in [-0.1, -0.05) is 79.6 Å². The van der Waals surface area contributed by atoms with Crippen LogP contribution in [0.25, 0.3) is 21.9 Å². The van der Waals surface area contributed by atoms with Gasteiger partial charge >= 0.3 is 11.9 Å². The fraction of sp³-hybridized carbons (Fsp3) is 0.417. The van der Waals surface area contributed by atoms with Crippen molar-refractivity contribution in [1.29, 1.82) is 0 Å². The summed E-state index contributed by atoms with van der Waals surface area (Å²) in [5.74, 6) is 1.92. The number of rotatable bonds is 9. The molecule has 0 heterocycles. The van der Waals surface area contributed by atoms with Crippen LogP contribution in [-0.2, 0) is 10.2 Å². The topological polar surface area (TPSA) is 83.8 Å². The number of fused-ring (bicyclic) bond motifs is 1. The highest BCUT2D eigenvalue weighted by Gasteiger charge is 2.52. The number of ether oxygens (including phenoxy) is 1. The molecule has 0 spiro atoms. The van der Waals surface area contributed by atoms with Gasteiger partial charge in [0.1, 0.15) is 5.75 Å². The summed E-state index contributed by atoms with van der Waals surface area (Å²) in [5.41, 5.74) is 9.50. The van der Waals surface area contributed by atoms with Gasteiger partial charge < -0.3 is 14.9 Å². The summed E-state index contributed by atoms with van der Waals surface area (Å²) in [5, 5.41) is 19.9. The highest BCUT2D eigenvalue weighted by atomic mass is 16.5. The molecule has 0 amide bonds. The van der Waals surface area contributed by atoms with Crippen LogP contribution in [0.15, 0.2) is 113 Å². The number of methoxy groups -OCH3 is 1. The van der Waals surface area contributed by atoms with E-state index >= 15 is 0 Å². The molecule has 0 saturated heterocycles. The number of carboxylic acid groups (broad SMARTS) is 2. The highest BCUT2D eigenvalue weighted by molar-refractivity contribution is 5.95. The average Bonchev–Trinajstić information content (AvgIpc) is 3.10. The minimum absolute atomic E-state index is 0.260. The van der Waals surface area contributed by atoms with Crippen LogP contribution in [0.4, 0.5) is 0 Å². The van der Waals surface area contributed by atoms with Crippen LogP contribution in [0.1, 0.15) is 108 Å². The first-order chi connectivity index (χ1) is 25.2. The van der Waals surface area contributed by atoms with E-state index in [4.69, 9.17) is 9.84 Å². The summed E-state index contributed by atoms with van der Waals surface area (Å²) >= 11 is 0. The number of aliphatic carboxylic acids is 1. The first-order valence-electron chi connectivity index (χ1n) is 19.4. The van der Waals surface area contributed by atoms with E-state index in [0.717, 1.165) is 45.4 Å². The second-order valence-corrected chi connectivity index (χ2v) is 17.0. The summed E-state index contributed by atoms with van der Waals surface area (Å²) in [6.07, 6.45) is 23.3. The van der Waals surface area contributed by atoms with E-state index in [0.29, 0.717) is 5.56 Å². The number of aromatic carboxylic acids is 1. The van der Waals surface area contributed by atoms with Gasteiger partial charge in [0.15, 0.2) is 0 Å². The van der Waals surface area contributed by atoms with E-state index in [1.807, 2.05) is 24.3 Å². The largest absolute Gasteiger partial charge is 0.496 e. The Morgan fingerprint density at radius 2 is 1.43 bits per heavy atom. The SMILES string of the molecule is CC1=C(/C=C/C(C)=C/C=C/C(C)=C\C(=O)O)C(C)(C)CCC1.COc1ccc(-c2ccc3cc(C(=O)O)ccc3c2)cc1C12CC3CC(CC(C3)C1)C2. The van der Waals surface area contributed by atoms with Gasteiger partial charge in [0.2, 0.25) is 0 Å². The Labute approximate surface area is 315 Å². The molecule has 0 aromatic heterocycles. The number of hydrogen-bond acceptors (Lipinski definition) is 3. The zero-order valence-electron chi connectivity index (χ0n) is 32.4. The molecule has 0 radical (unpaired) electrons. The molecule has 3 aromatic rings. The first kappa shape index (κ1) is 38.1. The van der Waals surface area contributed by atoms with Gasteiger partial charge in [-0.25, -0.2) is 9.59 Å². The molecule has 5 aliphatic rings. The summed E-state index contributed by atoms with van der Waals surface area (Å²) < 4.78 is 5.88. The molecule has 2 N–H and O–H groups in total. The van der Waals surface area contributed by atoms with E-state index in [9.17, 15) is 14.7 Å². The predicted octanol–water partition coefficient (Wildman–Crippen LogP) is 12.3. The van der Waals surface area contributed by atoms with Gasteiger partial charge in [-0.15, -0.1) is 0 Å². The van der Waals surface area contributed by atoms with Gasteiger partial charge in [-0.05, 0) is 171 Å². The second kappa shape index (κ2) is 15.8. The van der Waals surface area contributed by atoms with E-state index in [1.54, 1.807) is 32.2 Å². The third-order valence-electron chi connectivity index (χ3n) is 12.4. The Hall–Kier alpha value is -4.64. The molecular formula is C48H56O5. The first-order valence-corrected chi connectivity index (χ1v) is 19.4. The summed E-state index contributed by atoms with van der Waals surface area (Å²) in [4.78, 5) is 21.8. The summed E-state index contributed by atoms with van der Waals surface area (Å²) in [7, 11) is 1.80. The number of carboxylic acids is 2. The van der Waals surface area contributed by atoms with Crippen LogP contribution in [0, 0.1) is 23.2 Å². The van der Waals surface area contributed by atoms with Crippen molar-refractivity contribution in [3.63, 3.8) is 0 Å². The smallest absolute Gasteiger partial charge is 0.335 e. The molecule has 0 atom stereocenters. The molecular weight excluding hydrogens is 657 g/mol. The third kappa shape index (κ3) is 8.78. The van der Waals surface area contributed by atoms with Crippen molar-refractivity contribution >= 4 is 22.7 Å². The van der Waals surface area contributed by atoms with Gasteiger partial charge in [0.25, 0.3) is 0 Å². The molecule has 5 heteroatoms. The molecule has 8 rings (SSSR count). The van der Waals surface area contributed by atoms with Crippen molar-refractivity contribution in [3.05, 3.63) is 124 Å². The van der Waals surface area contributed by atoms with E-state index in [2.05, 4.69) is 70.2 Å². The minimum Gasteiger partial charge on any atom is -0.496 e. The van der Waals surface area contributed by atoms with Crippen LogP contribution in [-0.4, -0.2) is 29.3 Å². The van der Waals surface area contributed by atoms with Gasteiger partial charge in [-0.3, -0.25) is 0 Å². The molecule has 4 bridgehead atoms. The maximum atomic E-state index is 11.3. The standard InChI is InChI=1S/C28H28O3.C20H28O2/c1-31-26-7-6-23(21-2-3-22-12-24(27(29)30)5-4-20(22)11-21)13-25(26)28-14-17-8-18(15-28)10-19(9-17)16-28;1-15(8-6-9-16(2)14-19(21)22)11-12-18-17(3)10-7-13-20(18,4)5/h2-7,11-13,17-19H,8-10,14-16H2,1H3,(H,29,30);6,8-9,11-12,14H,7,10,13H2,1-5H3,(H,21,22)/b;9-6+,12-11+,15-8+,16-14-. The van der Waals surface area contributed by atoms with Crippen LogP contribution < -0.4 is 4.74 Å². The van der Waals surface area contributed by atoms with Crippen LogP contribution in [0.2, 0.25) is 0 Å². The lowest BCUT2D eigenvalue weighted by atomic mass is 9.48. The Bertz CT molecular complexity index is 2000. The molecule has 5 aliphatic carbocycles. The molecule has 4 saturated carbocycles. The molecule has 278 valence electrons. The maximum Gasteiger partial charge on any atom is 0.335 e. The molecule has 3 aromatic carbocycles. The normalized spacial score (nSPS) is 25.2. The number of allylic oxidation sites excluding steroid dienone is 9. The van der Waals surface area contributed by atoms with Crippen molar-refractivity contribution in [1.82, 2.24) is 0 Å². The fourth-order valence-electron chi connectivity index (χ4n) is 10.2. The third-order valence-corrected chi connectivity index (χ3v) is 12.4. The summed E-state index contributed by atoms with van der Waals surface area (Å²) in [6.45, 7) is 10.7. The zero-order valence-corrected chi connectivity index (χ0v) is 32.4. The lowest BCUT2D eigenvalue weighted by Crippen LogP contribution is -2.48. The fourth-order valence-corrected chi connectivity index (χ4v) is 10.2. The summed E-state index contributed by atoms with van der Waals surface area (Å²) in [6, 6.07) is 18.4. The van der Waals surface area contributed by atoms with Crippen molar-refractivity contribution in [2.24, 2.45) is 23.2 Å². The average molecular weight is 713 g/mol. The Morgan fingerprint density at radius 3 is 2.06 bits per heavy atom. The van der Waals surface area contributed by atoms with Crippen molar-refractivity contribution in [3.8, 4) is 16.9 Å². The molecule has 0 aliphatic heterocycles. The Morgan fingerprint density at radius 1 is 0.811 bits per heavy atom. The van der Waals surface area contributed by atoms with Crippen LogP contribution in [0.3, 0.4) is 0 Å². The van der Waals surface area contributed by atoms with Crippen molar-refractivity contribution in [2.45, 2.75) is 97.8 Å². The molecule has 0 unspecified atom stereocenters. The van der Waals surface area contributed by atoms with Gasteiger partial charge in [0.05, 0.1) is 12.7 Å². The van der Waals surface area contributed by atoms with Crippen LogP contribution in [0.5, 0.6) is 5.75 Å². The van der Waals surface area contributed by atoms with Gasteiger partial charge in [-0.2, -0.15) is 0 Å². The minimum atomic E-state index is -0.912. The maximum absolute atomic E-state index is 11.3.